The Morgan fingerprint density at radius 3 is 2.87 bits per heavy atom. The Morgan fingerprint density at radius 2 is 2.13 bits per heavy atom. The third kappa shape index (κ3) is 1.90. The number of anilines is 1. The third-order valence-electron chi connectivity index (χ3n) is 2.41. The number of halogens is 1. The van der Waals surface area contributed by atoms with E-state index in [1.54, 1.807) is 0 Å². The summed E-state index contributed by atoms with van der Waals surface area (Å²) in [6.07, 6.45) is 1.99. The maximum absolute atomic E-state index is 6.12. The lowest BCUT2D eigenvalue weighted by Gasteiger charge is -2.07. The van der Waals surface area contributed by atoms with E-state index in [1.807, 2.05) is 24.3 Å². The van der Waals surface area contributed by atoms with Crippen LogP contribution in [0.4, 0.5) is 5.82 Å². The predicted molar refractivity (Wildman–Crippen MR) is 65.2 cm³/mol. The summed E-state index contributed by atoms with van der Waals surface area (Å²) in [6.45, 7) is 2.13. The summed E-state index contributed by atoms with van der Waals surface area (Å²) in [6, 6.07) is 7.69. The minimum absolute atomic E-state index is 0.541. The molecular formula is C12H13ClN2. The van der Waals surface area contributed by atoms with E-state index in [4.69, 9.17) is 17.3 Å². The first-order valence-corrected chi connectivity index (χ1v) is 5.43. The Kier molecular flexibility index (Phi) is 2.78. The van der Waals surface area contributed by atoms with Crippen LogP contribution in [-0.4, -0.2) is 4.98 Å². The lowest BCUT2D eigenvalue weighted by Crippen LogP contribution is -1.97. The number of rotatable bonds is 2. The number of aryl methyl sites for hydroxylation is 1. The second-order valence-electron chi connectivity index (χ2n) is 3.58. The zero-order chi connectivity index (χ0) is 10.8. The van der Waals surface area contributed by atoms with Gasteiger partial charge in [0.2, 0.25) is 0 Å². The molecule has 15 heavy (non-hydrogen) atoms. The molecule has 0 amide bonds. The van der Waals surface area contributed by atoms with Gasteiger partial charge in [-0.15, -0.1) is 0 Å². The number of hydrogen-bond acceptors (Lipinski definition) is 2. The molecule has 0 spiro atoms. The number of nitrogens with two attached hydrogens (primary N) is 1. The number of nitrogens with zero attached hydrogens (tertiary/aromatic N) is 1. The van der Waals surface area contributed by atoms with Gasteiger partial charge in [0.05, 0.1) is 5.69 Å². The Bertz CT molecular complexity index is 494. The maximum atomic E-state index is 6.12. The molecule has 0 saturated heterocycles. The van der Waals surface area contributed by atoms with E-state index in [2.05, 4.69) is 11.9 Å². The Balaban J connectivity index is 2.74. The fraction of sp³-hybridized carbons (Fsp3) is 0.250. The number of nitrogen functional groups attached to an aromatic ring is 1. The molecule has 0 aliphatic heterocycles. The van der Waals surface area contributed by atoms with Crippen molar-refractivity contribution >= 4 is 28.2 Å². The van der Waals surface area contributed by atoms with Gasteiger partial charge in [-0.3, -0.25) is 0 Å². The quantitative estimate of drug-likeness (QED) is 0.842. The van der Waals surface area contributed by atoms with Crippen molar-refractivity contribution < 1.29 is 0 Å². The van der Waals surface area contributed by atoms with Gasteiger partial charge >= 0.3 is 0 Å². The number of benzene rings is 1. The van der Waals surface area contributed by atoms with Crippen LogP contribution in [0, 0.1) is 0 Å². The van der Waals surface area contributed by atoms with Crippen LogP contribution in [0.15, 0.2) is 24.3 Å². The van der Waals surface area contributed by atoms with E-state index in [1.165, 1.54) is 0 Å². The van der Waals surface area contributed by atoms with Gasteiger partial charge < -0.3 is 5.73 Å². The third-order valence-corrected chi connectivity index (χ3v) is 2.74. The van der Waals surface area contributed by atoms with Gasteiger partial charge in [0, 0.05) is 15.8 Å². The molecule has 2 nitrogen and oxygen atoms in total. The van der Waals surface area contributed by atoms with Crippen molar-refractivity contribution in [2.75, 3.05) is 5.73 Å². The van der Waals surface area contributed by atoms with Gasteiger partial charge in [-0.1, -0.05) is 37.1 Å². The van der Waals surface area contributed by atoms with Crippen LogP contribution in [0.2, 0.25) is 5.02 Å². The standard InChI is InChI=1S/C12H13ClN2/c1-2-4-11-8-5-3-6-10(13)9(8)7-12(14)15-11/h3,5-7H,2,4H2,1H3,(H2,14,15). The molecule has 0 bridgehead atoms. The van der Waals surface area contributed by atoms with E-state index in [-0.39, 0.29) is 0 Å². The molecule has 0 atom stereocenters. The highest BCUT2D eigenvalue weighted by Crippen LogP contribution is 2.27. The van der Waals surface area contributed by atoms with Gasteiger partial charge in [0.15, 0.2) is 0 Å². The van der Waals surface area contributed by atoms with Gasteiger partial charge in [0.1, 0.15) is 5.82 Å². The minimum atomic E-state index is 0.541. The van der Waals surface area contributed by atoms with E-state index < -0.39 is 0 Å². The van der Waals surface area contributed by atoms with Crippen molar-refractivity contribution in [2.24, 2.45) is 0 Å². The van der Waals surface area contributed by atoms with Gasteiger partial charge in [-0.2, -0.15) is 0 Å². The first-order valence-electron chi connectivity index (χ1n) is 5.06. The average molecular weight is 221 g/mol. The van der Waals surface area contributed by atoms with Crippen molar-refractivity contribution in [1.29, 1.82) is 0 Å². The van der Waals surface area contributed by atoms with E-state index in [0.717, 1.165) is 34.3 Å². The van der Waals surface area contributed by atoms with Crippen LogP contribution >= 0.6 is 11.6 Å². The highest BCUT2D eigenvalue weighted by Gasteiger charge is 2.06. The zero-order valence-corrected chi connectivity index (χ0v) is 9.38. The summed E-state index contributed by atoms with van der Waals surface area (Å²) in [5.74, 6) is 0.541. The largest absolute Gasteiger partial charge is 0.384 e. The maximum Gasteiger partial charge on any atom is 0.124 e. The van der Waals surface area contributed by atoms with Crippen LogP contribution in [0.25, 0.3) is 10.8 Å². The molecular weight excluding hydrogens is 208 g/mol. The number of hydrogen-bond donors (Lipinski definition) is 1. The van der Waals surface area contributed by atoms with Crippen LogP contribution in [0.1, 0.15) is 19.0 Å². The van der Waals surface area contributed by atoms with Gasteiger partial charge in [-0.25, -0.2) is 4.98 Å². The molecule has 1 aromatic carbocycles. The number of pyridine rings is 1. The van der Waals surface area contributed by atoms with E-state index in [9.17, 15) is 0 Å². The fourth-order valence-electron chi connectivity index (χ4n) is 1.76. The summed E-state index contributed by atoms with van der Waals surface area (Å²) < 4.78 is 0. The highest BCUT2D eigenvalue weighted by atomic mass is 35.5. The molecule has 0 aliphatic carbocycles. The second kappa shape index (κ2) is 4.07. The molecule has 1 aromatic heterocycles. The molecule has 0 fully saturated rings. The molecule has 1 heterocycles. The summed E-state index contributed by atoms with van der Waals surface area (Å²) in [4.78, 5) is 4.35. The molecule has 2 aromatic rings. The summed E-state index contributed by atoms with van der Waals surface area (Å²) in [7, 11) is 0. The average Bonchev–Trinajstić information content (AvgIpc) is 2.20. The normalized spacial score (nSPS) is 10.8. The SMILES string of the molecule is CCCc1nc(N)cc2c(Cl)cccc12. The number of fused-ring (bicyclic) bond motifs is 1. The van der Waals surface area contributed by atoms with Crippen LogP contribution in [0.3, 0.4) is 0 Å². The van der Waals surface area contributed by atoms with Crippen molar-refractivity contribution in [3.63, 3.8) is 0 Å². The zero-order valence-electron chi connectivity index (χ0n) is 8.63. The van der Waals surface area contributed by atoms with Crippen LogP contribution < -0.4 is 5.73 Å². The van der Waals surface area contributed by atoms with Crippen LogP contribution in [0.5, 0.6) is 0 Å². The van der Waals surface area contributed by atoms with Crippen molar-refractivity contribution in [3.8, 4) is 0 Å². The van der Waals surface area contributed by atoms with Crippen molar-refractivity contribution in [1.82, 2.24) is 4.98 Å². The van der Waals surface area contributed by atoms with Gasteiger partial charge in [0.25, 0.3) is 0 Å². The fourth-order valence-corrected chi connectivity index (χ4v) is 1.99. The molecule has 2 rings (SSSR count). The molecule has 0 aliphatic rings. The Morgan fingerprint density at radius 1 is 1.33 bits per heavy atom. The topological polar surface area (TPSA) is 38.9 Å². The van der Waals surface area contributed by atoms with Crippen molar-refractivity contribution in [3.05, 3.63) is 35.0 Å². The molecule has 0 unspecified atom stereocenters. The molecule has 0 radical (unpaired) electrons. The highest BCUT2D eigenvalue weighted by molar-refractivity contribution is 6.35. The molecule has 3 heteroatoms. The lowest BCUT2D eigenvalue weighted by molar-refractivity contribution is 0.895. The Labute approximate surface area is 94.1 Å². The first-order chi connectivity index (χ1) is 7.22. The Hall–Kier alpha value is -1.28. The number of aromatic nitrogens is 1. The summed E-state index contributed by atoms with van der Waals surface area (Å²) in [5, 5.41) is 2.84. The minimum Gasteiger partial charge on any atom is -0.384 e. The monoisotopic (exact) mass is 220 g/mol. The predicted octanol–water partition coefficient (Wildman–Crippen LogP) is 3.42. The van der Waals surface area contributed by atoms with Gasteiger partial charge in [-0.05, 0) is 18.6 Å². The van der Waals surface area contributed by atoms with E-state index in [0.29, 0.717) is 5.82 Å². The second-order valence-corrected chi connectivity index (χ2v) is 3.99. The molecule has 78 valence electrons. The molecule has 0 saturated carbocycles. The van der Waals surface area contributed by atoms with Crippen molar-refractivity contribution in [2.45, 2.75) is 19.8 Å². The molecule has 2 N–H and O–H groups in total. The summed E-state index contributed by atoms with van der Waals surface area (Å²) >= 11 is 6.12. The smallest absolute Gasteiger partial charge is 0.124 e. The lowest BCUT2D eigenvalue weighted by atomic mass is 10.1. The van der Waals surface area contributed by atoms with Crippen LogP contribution in [-0.2, 0) is 6.42 Å². The first kappa shape index (κ1) is 10.2. The summed E-state index contributed by atoms with van der Waals surface area (Å²) in [5.41, 5.74) is 6.79. The van der Waals surface area contributed by atoms with E-state index >= 15 is 0 Å².